The minimum Gasteiger partial charge on any atom is -0.551 e. The van der Waals surface area contributed by atoms with E-state index in [1.54, 1.807) is 0 Å². The number of ketones is 1. The Bertz CT molecular complexity index is 1570. The van der Waals surface area contributed by atoms with Gasteiger partial charge in [-0.2, -0.15) is 87.3 Å². The number of hydrogen-bond acceptors (Lipinski definition) is 5. The maximum Gasteiger partial charge on any atom is 0.460 e. The third kappa shape index (κ3) is 17.5. The molecule has 0 fully saturated rings. The molecule has 0 unspecified atom stereocenters. The first-order chi connectivity index (χ1) is 27.7. The molecule has 0 aliphatic heterocycles. The van der Waals surface area contributed by atoms with Crippen molar-refractivity contribution in [2.24, 2.45) is 10.8 Å². The zero-order valence-electron chi connectivity index (χ0n) is 34.7. The van der Waals surface area contributed by atoms with E-state index in [-0.39, 0.29) is 80.2 Å². The first-order valence-electron chi connectivity index (χ1n) is 16.6. The molecule has 0 aromatic carbocycles. The number of ether oxygens (including phenoxy) is 3. The molecular weight excluding hydrogens is 1100 g/mol. The molecule has 0 spiro atoms. The van der Waals surface area contributed by atoms with Gasteiger partial charge < -0.3 is 23.1 Å². The first-order valence-corrected chi connectivity index (χ1v) is 17.3. The van der Waals surface area contributed by atoms with E-state index in [0.29, 0.717) is 46.0 Å². The Kier molecular flexibility index (Phi) is 26.4. The zero-order chi connectivity index (χ0) is 51.4. The molecule has 0 bridgehead atoms. The first kappa shape index (κ1) is 68.4. The van der Waals surface area contributed by atoms with Gasteiger partial charge in [-0.3, -0.25) is 4.79 Å². The van der Waals surface area contributed by atoms with Gasteiger partial charge in [0.2, 0.25) is 12.2 Å². The molecule has 0 atom stereocenters. The number of carbonyl (C=O) groups excluding carboxylic acids is 3. The van der Waals surface area contributed by atoms with Gasteiger partial charge in [0.25, 0.3) is 0 Å². The van der Waals surface area contributed by atoms with Crippen LogP contribution in [0.5, 0.6) is 0 Å². The van der Waals surface area contributed by atoms with Crippen LogP contribution < -0.4 is 0 Å². The summed E-state index contributed by atoms with van der Waals surface area (Å²) in [5.74, 6) is -42.2. The molecule has 0 amide bonds. The third-order valence-electron chi connectivity index (χ3n) is 7.31. The SMILES string of the molecule is C=[O+][C-](/C=C(\OC)C(F)(F)C(F)(F)C(F)(F)F)C(C)(C)C.C=[O+][C-](/C=C(\OC)C(F)(F)C(F)(F)C(F)(F)F)CCCCS.CO/C(=C\C(=O)C(C)(C)C)C(F)(F)C(F)(F)C(F)(F)F.[Eu]. The van der Waals surface area contributed by atoms with Crippen molar-refractivity contribution in [2.75, 3.05) is 27.1 Å². The van der Waals surface area contributed by atoms with Gasteiger partial charge in [-0.1, -0.05) is 48.0 Å². The summed E-state index contributed by atoms with van der Waals surface area (Å²) in [4.78, 5) is 11.4. The summed E-state index contributed by atoms with van der Waals surface area (Å²) in [6.07, 6.45) is -18.5. The molecule has 0 saturated heterocycles. The van der Waals surface area contributed by atoms with Crippen LogP contribution in [0.3, 0.4) is 0 Å². The van der Waals surface area contributed by atoms with Crippen molar-refractivity contribution in [3.8, 4) is 0 Å². The molecule has 6 nitrogen and oxygen atoms in total. The van der Waals surface area contributed by atoms with Gasteiger partial charge in [0, 0.05) is 72.7 Å². The van der Waals surface area contributed by atoms with E-state index in [9.17, 15) is 97.0 Å². The molecule has 64 heavy (non-hydrogen) atoms. The van der Waals surface area contributed by atoms with Crippen molar-refractivity contribution >= 4 is 32.0 Å². The molecule has 1 radical (unpaired) electrons. The normalized spacial score (nSPS) is 14.5. The van der Waals surface area contributed by atoms with Crippen LogP contribution in [0.4, 0.5) is 92.2 Å². The molecule has 29 heteroatoms. The van der Waals surface area contributed by atoms with E-state index >= 15 is 0 Å². The van der Waals surface area contributed by atoms with Crippen LogP contribution in [0.2, 0.25) is 0 Å². The number of alkyl halides is 21. The van der Waals surface area contributed by atoms with Crippen LogP contribution >= 0.6 is 12.6 Å². The standard InChI is InChI=1S/C12H15F7O2S.C12H15F7O2.C11H13F7O2.Eu/c1-20-8(5-3-4-6-22)7-9(21-2)10(13,14)11(15,16)12(17,18)19;1-9(2,3)7(20-4)6-8(21-5)10(13,14)11(15,16)12(17,18)19;1-8(2,3)6(19)5-7(20-4)9(12,13)10(14,15)11(16,17)18;/h7,22H,1,3-6H2,2H3;6H,4H2,1-3,5H3;5H,1-4H3;/b9-7-;8-6-;7-5-;. The average molecular weight is 1140 g/mol. The van der Waals surface area contributed by atoms with Crippen LogP contribution in [0.25, 0.3) is 0 Å². The van der Waals surface area contributed by atoms with E-state index in [0.717, 1.165) is 0 Å². The Hall–Kier alpha value is -2.17. The molecule has 0 heterocycles. The van der Waals surface area contributed by atoms with Gasteiger partial charge in [-0.15, -0.1) is 0 Å². The van der Waals surface area contributed by atoms with Crippen molar-refractivity contribution in [3.05, 3.63) is 47.7 Å². The minimum absolute atomic E-state index is 0. The van der Waals surface area contributed by atoms with Gasteiger partial charge in [-0.05, 0) is 24.3 Å². The number of methoxy groups -OCH3 is 3. The molecule has 0 aliphatic carbocycles. The number of halogens is 21. The maximum atomic E-state index is 13.5. The van der Waals surface area contributed by atoms with E-state index in [1.807, 2.05) is 0 Å². The van der Waals surface area contributed by atoms with E-state index < -0.39 is 88.0 Å². The number of hydrogen-bond donors (Lipinski definition) is 1. The van der Waals surface area contributed by atoms with Gasteiger partial charge in [0.05, 0.1) is 32.8 Å². The van der Waals surface area contributed by atoms with Crippen LogP contribution in [-0.2, 0) is 27.9 Å². The average Bonchev–Trinajstić information content (AvgIpc) is 3.09. The summed E-state index contributed by atoms with van der Waals surface area (Å²) in [7, 11) is 1.58. The zero-order valence-corrected chi connectivity index (χ0v) is 38.0. The van der Waals surface area contributed by atoms with Crippen molar-refractivity contribution in [2.45, 2.75) is 115 Å². The fourth-order valence-corrected chi connectivity index (χ4v) is 3.73. The van der Waals surface area contributed by atoms with Crippen molar-refractivity contribution in [1.29, 1.82) is 0 Å². The summed E-state index contributed by atoms with van der Waals surface area (Å²) in [5, 5.41) is 0. The molecule has 0 aliphatic rings. The third-order valence-corrected chi connectivity index (χ3v) is 7.62. The Morgan fingerprint density at radius 1 is 0.547 bits per heavy atom. The fraction of sp³-hybridized carbons (Fsp3) is 0.686. The Labute approximate surface area is 399 Å². The van der Waals surface area contributed by atoms with Crippen molar-refractivity contribution < 1.29 is 169 Å². The number of allylic oxidation sites excluding steroid dienone is 4. The second-order valence-corrected chi connectivity index (χ2v) is 14.7. The molecule has 0 aromatic rings. The monoisotopic (exact) mass is 1140 g/mol. The second kappa shape index (κ2) is 24.7. The smallest absolute Gasteiger partial charge is 0.460 e. The van der Waals surface area contributed by atoms with Gasteiger partial charge >= 0.3 is 54.1 Å². The van der Waals surface area contributed by atoms with Crippen LogP contribution in [0, 0.1) is 72.4 Å². The fourth-order valence-electron chi connectivity index (χ4n) is 3.50. The molecule has 0 rings (SSSR count). The topological polar surface area (TPSA) is 67.4 Å². The Morgan fingerprint density at radius 3 is 1.09 bits per heavy atom. The van der Waals surface area contributed by atoms with E-state index in [2.05, 4.69) is 49.3 Å². The predicted octanol–water partition coefficient (Wildman–Crippen LogP) is 12.6. The van der Waals surface area contributed by atoms with E-state index in [1.165, 1.54) is 41.5 Å². The van der Waals surface area contributed by atoms with Crippen LogP contribution in [0.15, 0.2) is 35.5 Å². The molecule has 0 N–H and O–H groups in total. The number of thiol groups is 1. The summed E-state index contributed by atoms with van der Waals surface area (Å²) in [5.41, 5.74) is -2.21. The summed E-state index contributed by atoms with van der Waals surface area (Å²) in [6.45, 7) is 14.1. The summed E-state index contributed by atoms with van der Waals surface area (Å²) >= 11 is 3.91. The van der Waals surface area contributed by atoms with Gasteiger partial charge in [0.15, 0.2) is 25.1 Å². The maximum absolute atomic E-state index is 13.5. The van der Waals surface area contributed by atoms with Gasteiger partial charge in [0.1, 0.15) is 0 Å². The predicted molar refractivity (Wildman–Crippen MR) is 185 cm³/mol. The van der Waals surface area contributed by atoms with Crippen LogP contribution in [0.1, 0.15) is 60.8 Å². The number of rotatable bonds is 18. The largest absolute Gasteiger partial charge is 0.551 e. The Morgan fingerprint density at radius 2 is 0.859 bits per heavy atom. The summed E-state index contributed by atoms with van der Waals surface area (Å²) in [6, 6.07) is 0. The molecule has 0 aromatic heterocycles. The molecule has 0 saturated carbocycles. The van der Waals surface area contributed by atoms with Crippen molar-refractivity contribution in [3.63, 3.8) is 0 Å². The van der Waals surface area contributed by atoms with Crippen LogP contribution in [-0.4, -0.2) is 101 Å². The molecule has 379 valence electrons. The molecular formula is C35H43EuF21O6S. The number of carbonyl (C=O) groups is 1. The van der Waals surface area contributed by atoms with Crippen molar-refractivity contribution in [1.82, 2.24) is 0 Å². The quantitative estimate of drug-likeness (QED) is 0.0282. The number of unbranched alkanes of at least 4 members (excludes halogenated alkanes) is 1. The van der Waals surface area contributed by atoms with E-state index in [4.69, 9.17) is 0 Å². The Balaban J connectivity index is -0.000000419. The minimum atomic E-state index is -6.49. The van der Waals surface area contributed by atoms with Gasteiger partial charge in [-0.25, -0.2) is 17.6 Å². The summed E-state index contributed by atoms with van der Waals surface area (Å²) < 4.78 is 287. The second-order valence-electron chi connectivity index (χ2n) is 14.2.